The van der Waals surface area contributed by atoms with Crippen molar-refractivity contribution in [1.29, 1.82) is 0 Å². The van der Waals surface area contributed by atoms with Gasteiger partial charge in [0, 0.05) is 0 Å². The molecule has 0 fully saturated rings. The number of benzene rings is 4. The molecule has 2 atom stereocenters. The Morgan fingerprint density at radius 1 is 0.763 bits per heavy atom. The molecule has 0 heterocycles. The van der Waals surface area contributed by atoms with Gasteiger partial charge in [0.25, 0.3) is 0 Å². The van der Waals surface area contributed by atoms with E-state index in [1.54, 1.807) is 91.0 Å². The summed E-state index contributed by atoms with van der Waals surface area (Å²) in [5.74, 6) is -0.674. The van der Waals surface area contributed by atoms with Gasteiger partial charge in [0.1, 0.15) is 11.5 Å². The molecule has 0 saturated carbocycles. The lowest BCUT2D eigenvalue weighted by Gasteiger charge is -2.28. The molecule has 0 aliphatic heterocycles. The van der Waals surface area contributed by atoms with Gasteiger partial charge in [-0.3, -0.25) is 4.89 Å². The minimum Gasteiger partial charge on any atom is -0.393 e. The van der Waals surface area contributed by atoms with E-state index in [1.807, 2.05) is 37.3 Å². The fourth-order valence-corrected chi connectivity index (χ4v) is 4.51. The maximum Gasteiger partial charge on any atom is 0.625 e. The number of rotatable bonds is 12. The molecule has 4 aromatic rings. The molecule has 196 valence electrons. The molecule has 8 nitrogen and oxygen atoms in total. The monoisotopic (exact) mass is 533 g/mol. The first-order valence-corrected chi connectivity index (χ1v) is 13.3. The molecular formula is C29H28NO7P. The van der Waals surface area contributed by atoms with Crippen molar-refractivity contribution in [1.82, 2.24) is 0 Å². The van der Waals surface area contributed by atoms with Crippen molar-refractivity contribution in [2.75, 3.05) is 6.61 Å². The number of hydrogen-bond donors (Lipinski definition) is 1. The Morgan fingerprint density at radius 2 is 1.21 bits per heavy atom. The zero-order chi connectivity index (χ0) is 26.8. The quantitative estimate of drug-likeness (QED) is 0.127. The Morgan fingerprint density at radius 3 is 1.71 bits per heavy atom. The van der Waals surface area contributed by atoms with E-state index in [0.29, 0.717) is 5.56 Å². The highest BCUT2D eigenvalue weighted by molar-refractivity contribution is 7.49. The topological polar surface area (TPSA) is 106 Å². The molecule has 4 aromatic carbocycles. The Bertz CT molecular complexity index is 1300. The van der Waals surface area contributed by atoms with E-state index in [2.05, 4.69) is 0 Å². The number of ether oxygens (including phenoxy) is 1. The van der Waals surface area contributed by atoms with Gasteiger partial charge in [0.05, 0.1) is 12.7 Å². The van der Waals surface area contributed by atoms with Gasteiger partial charge in [-0.05, 0) is 42.3 Å². The molecule has 0 aliphatic rings. The largest absolute Gasteiger partial charge is 0.625 e. The van der Waals surface area contributed by atoms with Crippen molar-refractivity contribution in [3.8, 4) is 11.5 Å². The molecule has 0 aliphatic carbocycles. The summed E-state index contributed by atoms with van der Waals surface area (Å²) < 4.78 is 35.6. The van der Waals surface area contributed by atoms with Gasteiger partial charge in [-0.1, -0.05) is 102 Å². The molecule has 0 radical (unpaired) electrons. The van der Waals surface area contributed by atoms with E-state index in [0.717, 1.165) is 5.56 Å². The second-order valence-corrected chi connectivity index (χ2v) is 9.81. The summed E-state index contributed by atoms with van der Waals surface area (Å²) in [6.07, 6.45) is -0.370. The predicted octanol–water partition coefficient (Wildman–Crippen LogP) is 6.36. The van der Waals surface area contributed by atoms with Crippen LogP contribution >= 0.6 is 7.82 Å². The van der Waals surface area contributed by atoms with Crippen LogP contribution in [-0.4, -0.2) is 12.6 Å². The lowest BCUT2D eigenvalue weighted by molar-refractivity contribution is -0.230. The van der Waals surface area contributed by atoms with Crippen LogP contribution in [0.1, 0.15) is 24.2 Å². The summed E-state index contributed by atoms with van der Waals surface area (Å²) in [4.78, 5) is 18.4. The van der Waals surface area contributed by atoms with Gasteiger partial charge in [0.2, 0.25) is 0 Å². The Labute approximate surface area is 221 Å². The third kappa shape index (κ3) is 7.09. The average molecular weight is 534 g/mol. The number of hydrogen-bond acceptors (Lipinski definition) is 8. The van der Waals surface area contributed by atoms with Gasteiger partial charge >= 0.3 is 13.8 Å². The number of phosphoric ester groups is 1. The fourth-order valence-electron chi connectivity index (χ4n) is 3.50. The van der Waals surface area contributed by atoms with E-state index in [4.69, 9.17) is 29.1 Å². The molecule has 0 unspecified atom stereocenters. The molecule has 0 aromatic heterocycles. The van der Waals surface area contributed by atoms with Crippen molar-refractivity contribution in [3.05, 3.63) is 132 Å². The van der Waals surface area contributed by atoms with Gasteiger partial charge in [-0.25, -0.2) is 9.36 Å². The third-order valence-electron chi connectivity index (χ3n) is 5.61. The summed E-state index contributed by atoms with van der Waals surface area (Å²) in [6.45, 7) is 1.59. The predicted molar refractivity (Wildman–Crippen MR) is 142 cm³/mol. The van der Waals surface area contributed by atoms with E-state index in [-0.39, 0.29) is 24.2 Å². The summed E-state index contributed by atoms with van der Waals surface area (Å²) >= 11 is 0. The van der Waals surface area contributed by atoms with E-state index in [1.165, 1.54) is 0 Å². The van der Waals surface area contributed by atoms with Gasteiger partial charge in [-0.15, -0.1) is 0 Å². The molecule has 38 heavy (non-hydrogen) atoms. The molecule has 9 heteroatoms. The van der Waals surface area contributed by atoms with Crippen molar-refractivity contribution in [2.45, 2.75) is 18.6 Å². The highest BCUT2D eigenvalue weighted by atomic mass is 31.2. The number of carbonyl (C=O) groups excluding carboxylic acids is 1. The molecule has 0 bridgehead atoms. The van der Waals surface area contributed by atoms with Crippen LogP contribution in [0.25, 0.3) is 0 Å². The lowest BCUT2D eigenvalue weighted by Crippen LogP contribution is -2.50. The third-order valence-corrected chi connectivity index (χ3v) is 6.73. The zero-order valence-corrected chi connectivity index (χ0v) is 21.6. The second kappa shape index (κ2) is 12.5. The Hall–Kier alpha value is -3.94. The number of phosphoric acid groups is 1. The van der Waals surface area contributed by atoms with Gasteiger partial charge < -0.3 is 19.5 Å². The van der Waals surface area contributed by atoms with Gasteiger partial charge in [-0.2, -0.15) is 0 Å². The first kappa shape index (κ1) is 27.1. The molecule has 2 N–H and O–H groups in total. The van der Waals surface area contributed by atoms with Crippen LogP contribution in [0.5, 0.6) is 11.5 Å². The minimum absolute atomic E-state index is 0.185. The van der Waals surface area contributed by atoms with Crippen LogP contribution in [0, 0.1) is 0 Å². The van der Waals surface area contributed by atoms with Crippen molar-refractivity contribution < 1.29 is 32.7 Å². The maximum atomic E-state index is 13.6. The summed E-state index contributed by atoms with van der Waals surface area (Å²) in [6, 6.07) is 34.5. The van der Waals surface area contributed by atoms with Crippen LogP contribution in [0.4, 0.5) is 0 Å². The smallest absolute Gasteiger partial charge is 0.393 e. The van der Waals surface area contributed by atoms with E-state index in [9.17, 15) is 9.36 Å². The normalized spacial score (nSPS) is 13.6. The molecule has 0 saturated heterocycles. The van der Waals surface area contributed by atoms with Gasteiger partial charge in [0.15, 0.2) is 5.54 Å². The molecular weight excluding hydrogens is 505 g/mol. The van der Waals surface area contributed by atoms with Crippen molar-refractivity contribution in [2.24, 2.45) is 5.73 Å². The summed E-state index contributed by atoms with van der Waals surface area (Å²) in [5, 5.41) is 0. The van der Waals surface area contributed by atoms with Crippen LogP contribution < -0.4 is 14.8 Å². The fraction of sp³-hybridized carbons (Fsp3) is 0.138. The van der Waals surface area contributed by atoms with Crippen molar-refractivity contribution >= 4 is 13.8 Å². The maximum absolute atomic E-state index is 13.6. The number of para-hydroxylation sites is 2. The second-order valence-electron chi connectivity index (χ2n) is 8.40. The number of nitrogens with two attached hydrogens (primary N) is 1. The van der Waals surface area contributed by atoms with Crippen LogP contribution in [0.15, 0.2) is 121 Å². The molecule has 0 amide bonds. The summed E-state index contributed by atoms with van der Waals surface area (Å²) in [7, 11) is -4.50. The Balaban J connectivity index is 1.54. The zero-order valence-electron chi connectivity index (χ0n) is 20.7. The average Bonchev–Trinajstić information content (AvgIpc) is 2.96. The van der Waals surface area contributed by atoms with Crippen molar-refractivity contribution in [3.63, 3.8) is 0 Å². The standard InChI is InChI=1S/C29H28NO7P/c1-23(24-14-6-2-7-15-24)33-22-29(30,25-16-8-3-9-17-25)28(31)34-37-38(32,35-26-18-10-4-11-19-26)36-27-20-12-5-13-21-27/h2-21,23H,22,30H2,1H3/t23-,29+/m0/s1. The molecule has 0 spiro atoms. The minimum atomic E-state index is -4.50. The Kier molecular flexibility index (Phi) is 8.94. The highest BCUT2D eigenvalue weighted by Gasteiger charge is 2.43. The van der Waals surface area contributed by atoms with Crippen LogP contribution in [-0.2, 0) is 29.2 Å². The first-order chi connectivity index (χ1) is 18.4. The van der Waals surface area contributed by atoms with Crippen LogP contribution in [0.3, 0.4) is 0 Å². The van der Waals surface area contributed by atoms with E-state index >= 15 is 0 Å². The van der Waals surface area contributed by atoms with E-state index < -0.39 is 19.3 Å². The summed E-state index contributed by atoms with van der Waals surface area (Å²) in [5.41, 5.74) is 6.10. The molecule has 4 rings (SSSR count). The lowest BCUT2D eigenvalue weighted by atomic mass is 9.92. The van der Waals surface area contributed by atoms with Crippen LogP contribution in [0.2, 0.25) is 0 Å². The number of carbonyl (C=O) groups is 1. The highest BCUT2D eigenvalue weighted by Crippen LogP contribution is 2.50. The first-order valence-electron chi connectivity index (χ1n) is 11.9. The SMILES string of the molecule is C[C@H](OC[C@](N)(C(=O)OOP(=O)(Oc1ccccc1)Oc1ccccc1)c1ccccc1)c1ccccc1.